The standard InChI is InChI=1S/C20H27N5O2S/c1-23(13-15-7-3-4-8-17(15)27-2)18(26)14-28-20-22-21-19(24-11-5-6-12-24)25(20)16-9-10-16/h3-4,7-8,16H,5-6,9-14H2,1-2H3. The highest BCUT2D eigenvalue weighted by Gasteiger charge is 2.32. The van der Waals surface area contributed by atoms with Gasteiger partial charge >= 0.3 is 0 Å². The van der Waals surface area contributed by atoms with Gasteiger partial charge in [-0.3, -0.25) is 9.36 Å². The summed E-state index contributed by atoms with van der Waals surface area (Å²) in [7, 11) is 3.48. The van der Waals surface area contributed by atoms with Crippen molar-refractivity contribution in [3.63, 3.8) is 0 Å². The zero-order chi connectivity index (χ0) is 19.5. The molecule has 0 unspecified atom stereocenters. The molecule has 1 aliphatic heterocycles. The molecule has 2 fully saturated rings. The summed E-state index contributed by atoms with van der Waals surface area (Å²) < 4.78 is 7.64. The molecule has 150 valence electrons. The summed E-state index contributed by atoms with van der Waals surface area (Å²) in [6.45, 7) is 2.63. The van der Waals surface area contributed by atoms with Crippen LogP contribution in [0.3, 0.4) is 0 Å². The van der Waals surface area contributed by atoms with Gasteiger partial charge in [0, 0.05) is 38.3 Å². The van der Waals surface area contributed by atoms with E-state index in [0.29, 0.717) is 18.3 Å². The Hall–Kier alpha value is -2.22. The number of carbonyl (C=O) groups excluding carboxylic acids is 1. The number of benzene rings is 1. The molecule has 2 aromatic rings. The number of amides is 1. The molecular formula is C20H27N5O2S. The zero-order valence-corrected chi connectivity index (χ0v) is 17.3. The van der Waals surface area contributed by atoms with E-state index in [0.717, 1.165) is 35.5 Å². The summed E-state index contributed by atoms with van der Waals surface area (Å²) in [6, 6.07) is 8.29. The normalized spacial score (nSPS) is 16.4. The van der Waals surface area contributed by atoms with Gasteiger partial charge in [0.15, 0.2) is 5.16 Å². The lowest BCUT2D eigenvalue weighted by molar-refractivity contribution is -0.127. The molecule has 4 rings (SSSR count). The van der Waals surface area contributed by atoms with Gasteiger partial charge in [0.2, 0.25) is 11.9 Å². The monoisotopic (exact) mass is 401 g/mol. The molecule has 2 aliphatic rings. The van der Waals surface area contributed by atoms with E-state index in [1.165, 1.54) is 37.4 Å². The number of nitrogens with zero attached hydrogens (tertiary/aromatic N) is 5. The van der Waals surface area contributed by atoms with Gasteiger partial charge in [-0.05, 0) is 31.7 Å². The maximum Gasteiger partial charge on any atom is 0.233 e. The Labute approximate surface area is 170 Å². The molecule has 0 bridgehead atoms. The lowest BCUT2D eigenvalue weighted by Gasteiger charge is -2.19. The van der Waals surface area contributed by atoms with Crippen molar-refractivity contribution in [1.29, 1.82) is 0 Å². The molecule has 0 radical (unpaired) electrons. The van der Waals surface area contributed by atoms with Crippen LogP contribution in [0.25, 0.3) is 0 Å². The van der Waals surface area contributed by atoms with Gasteiger partial charge in [-0.2, -0.15) is 0 Å². The fourth-order valence-corrected chi connectivity index (χ4v) is 4.51. The first kappa shape index (κ1) is 19.1. The Balaban J connectivity index is 1.39. The molecule has 1 aliphatic carbocycles. The van der Waals surface area contributed by atoms with Crippen molar-refractivity contribution in [2.24, 2.45) is 0 Å². The highest BCUT2D eigenvalue weighted by molar-refractivity contribution is 7.99. The number of rotatable bonds is 8. The van der Waals surface area contributed by atoms with E-state index in [4.69, 9.17) is 4.74 Å². The Morgan fingerprint density at radius 2 is 2.00 bits per heavy atom. The second kappa shape index (κ2) is 8.43. The van der Waals surface area contributed by atoms with Gasteiger partial charge < -0.3 is 14.5 Å². The first-order valence-corrected chi connectivity index (χ1v) is 10.8. The van der Waals surface area contributed by atoms with Crippen LogP contribution in [0.4, 0.5) is 5.95 Å². The number of hydrogen-bond donors (Lipinski definition) is 0. The van der Waals surface area contributed by atoms with Crippen LogP contribution in [0.2, 0.25) is 0 Å². The van der Waals surface area contributed by atoms with E-state index >= 15 is 0 Å². The van der Waals surface area contributed by atoms with E-state index in [1.807, 2.05) is 31.3 Å². The van der Waals surface area contributed by atoms with Crippen molar-refractivity contribution in [2.45, 2.75) is 43.4 Å². The minimum Gasteiger partial charge on any atom is -0.496 e. The largest absolute Gasteiger partial charge is 0.496 e. The smallest absolute Gasteiger partial charge is 0.233 e. The lowest BCUT2D eigenvalue weighted by atomic mass is 10.2. The van der Waals surface area contributed by atoms with Crippen LogP contribution in [0.1, 0.15) is 37.3 Å². The number of ether oxygens (including phenoxy) is 1. The predicted octanol–water partition coefficient (Wildman–Crippen LogP) is 2.97. The topological polar surface area (TPSA) is 63.5 Å². The average molecular weight is 402 g/mol. The van der Waals surface area contributed by atoms with Crippen LogP contribution in [0.5, 0.6) is 5.75 Å². The zero-order valence-electron chi connectivity index (χ0n) is 16.5. The molecule has 2 heterocycles. The Kier molecular flexibility index (Phi) is 5.75. The van der Waals surface area contributed by atoms with Gasteiger partial charge in [0.25, 0.3) is 0 Å². The highest BCUT2D eigenvalue weighted by atomic mass is 32.2. The van der Waals surface area contributed by atoms with Gasteiger partial charge in [0.05, 0.1) is 12.9 Å². The molecule has 1 saturated carbocycles. The van der Waals surface area contributed by atoms with E-state index in [1.54, 1.807) is 12.0 Å². The van der Waals surface area contributed by atoms with Crippen molar-refractivity contribution in [2.75, 3.05) is 37.9 Å². The second-order valence-corrected chi connectivity index (χ2v) is 8.37. The number of para-hydroxylation sites is 1. The molecular weight excluding hydrogens is 374 g/mol. The predicted molar refractivity (Wildman–Crippen MR) is 110 cm³/mol. The number of methoxy groups -OCH3 is 1. The molecule has 0 N–H and O–H groups in total. The number of thioether (sulfide) groups is 1. The number of aromatic nitrogens is 3. The van der Waals surface area contributed by atoms with Crippen LogP contribution < -0.4 is 9.64 Å². The van der Waals surface area contributed by atoms with E-state index in [-0.39, 0.29) is 5.91 Å². The van der Waals surface area contributed by atoms with Crippen molar-refractivity contribution in [3.8, 4) is 5.75 Å². The molecule has 1 aromatic carbocycles. The second-order valence-electron chi connectivity index (χ2n) is 7.43. The molecule has 7 nitrogen and oxygen atoms in total. The Bertz CT molecular complexity index is 830. The molecule has 1 aromatic heterocycles. The van der Waals surface area contributed by atoms with Crippen LogP contribution in [-0.4, -0.2) is 58.6 Å². The minimum absolute atomic E-state index is 0.0731. The van der Waals surface area contributed by atoms with Gasteiger partial charge in [-0.15, -0.1) is 10.2 Å². The van der Waals surface area contributed by atoms with Crippen molar-refractivity contribution in [3.05, 3.63) is 29.8 Å². The van der Waals surface area contributed by atoms with Gasteiger partial charge in [0.1, 0.15) is 5.75 Å². The summed E-state index contributed by atoms with van der Waals surface area (Å²) in [5, 5.41) is 9.72. The summed E-state index contributed by atoms with van der Waals surface area (Å²) in [5.74, 6) is 2.22. The highest BCUT2D eigenvalue weighted by Crippen LogP contribution is 2.41. The maximum atomic E-state index is 12.7. The fourth-order valence-electron chi connectivity index (χ4n) is 3.57. The fraction of sp³-hybridized carbons (Fsp3) is 0.550. The van der Waals surface area contributed by atoms with Crippen molar-refractivity contribution >= 4 is 23.6 Å². The van der Waals surface area contributed by atoms with Gasteiger partial charge in [-0.1, -0.05) is 30.0 Å². The van der Waals surface area contributed by atoms with E-state index in [9.17, 15) is 4.79 Å². The first-order chi connectivity index (χ1) is 13.7. The number of anilines is 1. The Morgan fingerprint density at radius 1 is 1.25 bits per heavy atom. The van der Waals surface area contributed by atoms with E-state index in [2.05, 4.69) is 19.7 Å². The van der Waals surface area contributed by atoms with Crippen LogP contribution in [0.15, 0.2) is 29.4 Å². The van der Waals surface area contributed by atoms with Crippen LogP contribution in [-0.2, 0) is 11.3 Å². The molecule has 1 saturated heterocycles. The summed E-state index contributed by atoms with van der Waals surface area (Å²) in [4.78, 5) is 16.7. The lowest BCUT2D eigenvalue weighted by Crippen LogP contribution is -2.28. The van der Waals surface area contributed by atoms with Crippen LogP contribution in [0, 0.1) is 0 Å². The number of carbonyl (C=O) groups is 1. The molecule has 1 amide bonds. The Morgan fingerprint density at radius 3 is 2.71 bits per heavy atom. The van der Waals surface area contributed by atoms with Crippen LogP contribution >= 0.6 is 11.8 Å². The number of hydrogen-bond acceptors (Lipinski definition) is 6. The molecule has 8 heteroatoms. The first-order valence-electron chi connectivity index (χ1n) is 9.86. The van der Waals surface area contributed by atoms with Gasteiger partial charge in [-0.25, -0.2) is 0 Å². The average Bonchev–Trinajstić information content (AvgIpc) is 3.23. The summed E-state index contributed by atoms with van der Waals surface area (Å²) >= 11 is 1.49. The molecule has 28 heavy (non-hydrogen) atoms. The van der Waals surface area contributed by atoms with E-state index < -0.39 is 0 Å². The quantitative estimate of drug-likeness (QED) is 0.634. The molecule has 0 atom stereocenters. The third kappa shape index (κ3) is 4.11. The van der Waals surface area contributed by atoms with Crippen molar-refractivity contribution in [1.82, 2.24) is 19.7 Å². The van der Waals surface area contributed by atoms with Crippen molar-refractivity contribution < 1.29 is 9.53 Å². The summed E-state index contributed by atoms with van der Waals surface area (Å²) in [5.41, 5.74) is 1.00. The third-order valence-electron chi connectivity index (χ3n) is 5.30. The SMILES string of the molecule is COc1ccccc1CN(C)C(=O)CSc1nnc(N2CCCC2)n1C1CC1. The maximum absolute atomic E-state index is 12.7. The minimum atomic E-state index is 0.0731. The third-order valence-corrected chi connectivity index (χ3v) is 6.23. The summed E-state index contributed by atoms with van der Waals surface area (Å²) in [6.07, 6.45) is 4.78. The molecule has 0 spiro atoms.